The highest BCUT2D eigenvalue weighted by molar-refractivity contribution is 6.02. The van der Waals surface area contributed by atoms with Gasteiger partial charge in [-0.1, -0.05) is 18.2 Å². The molecule has 0 fully saturated rings. The van der Waals surface area contributed by atoms with E-state index < -0.39 is 29.4 Å². The Balaban J connectivity index is 2.69. The number of hydrogen-bond acceptors (Lipinski definition) is 5. The zero-order valence-corrected chi connectivity index (χ0v) is 15.6. The number of nitriles is 1. The van der Waals surface area contributed by atoms with E-state index in [-0.39, 0.29) is 29.7 Å². The molecule has 0 radical (unpaired) electrons. The van der Waals surface area contributed by atoms with Gasteiger partial charge >= 0.3 is 12.1 Å². The minimum atomic E-state index is -4.67. The summed E-state index contributed by atoms with van der Waals surface area (Å²) >= 11 is 0. The van der Waals surface area contributed by atoms with Gasteiger partial charge in [0.1, 0.15) is 6.61 Å². The normalized spacial score (nSPS) is 17.1. The summed E-state index contributed by atoms with van der Waals surface area (Å²) in [7, 11) is 0. The Kier molecular flexibility index (Phi) is 6.29. The predicted octanol–water partition coefficient (Wildman–Crippen LogP) is 3.99. The largest absolute Gasteiger partial charge is 0.461 e. The van der Waals surface area contributed by atoms with Gasteiger partial charge in [0.05, 0.1) is 23.6 Å². The molecule has 1 atom stereocenters. The van der Waals surface area contributed by atoms with Gasteiger partial charge in [-0.05, 0) is 32.4 Å². The molecule has 0 saturated carbocycles. The number of halogens is 3. The molecule has 5 nitrogen and oxygen atoms in total. The molecule has 0 aromatic heterocycles. The van der Waals surface area contributed by atoms with Gasteiger partial charge in [0, 0.05) is 22.9 Å². The van der Waals surface area contributed by atoms with Crippen LogP contribution in [0.2, 0.25) is 0 Å². The third-order valence-electron chi connectivity index (χ3n) is 4.38. The molecule has 0 aliphatic carbocycles. The maximum absolute atomic E-state index is 13.6. The van der Waals surface area contributed by atoms with Gasteiger partial charge in [0.15, 0.2) is 5.78 Å². The Labute approximate surface area is 160 Å². The second-order valence-electron chi connectivity index (χ2n) is 6.32. The van der Waals surface area contributed by atoms with Crippen molar-refractivity contribution >= 4 is 11.8 Å². The fourth-order valence-electron chi connectivity index (χ4n) is 3.32. The molecule has 2 rings (SSSR count). The van der Waals surface area contributed by atoms with Crippen molar-refractivity contribution in [1.29, 1.82) is 5.26 Å². The second-order valence-corrected chi connectivity index (χ2v) is 6.32. The average molecular weight is 392 g/mol. The van der Waals surface area contributed by atoms with Crippen LogP contribution >= 0.6 is 0 Å². The molecule has 1 aromatic carbocycles. The van der Waals surface area contributed by atoms with Crippen LogP contribution in [0.15, 0.2) is 46.8 Å². The van der Waals surface area contributed by atoms with Crippen LogP contribution in [-0.4, -0.2) is 18.4 Å². The number of Topliss-reactive ketones (excluding diaryl/α,β-unsaturated/α-hetero) is 1. The Morgan fingerprint density at radius 3 is 2.36 bits per heavy atom. The lowest BCUT2D eigenvalue weighted by molar-refractivity contribution is -0.141. The Morgan fingerprint density at radius 2 is 1.79 bits per heavy atom. The van der Waals surface area contributed by atoms with E-state index in [1.54, 1.807) is 6.92 Å². The van der Waals surface area contributed by atoms with Crippen molar-refractivity contribution in [3.63, 3.8) is 0 Å². The SMILES string of the molecule is CC(=O)C1=C(C)NC(C)=C(C(=O)OCCC#N)C1c1ccccc1C(F)(F)F. The van der Waals surface area contributed by atoms with E-state index in [0.29, 0.717) is 11.4 Å². The van der Waals surface area contributed by atoms with Gasteiger partial charge in [0.25, 0.3) is 0 Å². The number of carbonyl (C=O) groups is 2. The number of nitrogens with one attached hydrogen (secondary N) is 1. The van der Waals surface area contributed by atoms with Crippen molar-refractivity contribution in [2.45, 2.75) is 39.3 Å². The van der Waals surface area contributed by atoms with Gasteiger partial charge in [-0.2, -0.15) is 18.4 Å². The number of benzene rings is 1. The van der Waals surface area contributed by atoms with E-state index in [2.05, 4.69) is 5.32 Å². The number of rotatable bonds is 5. The van der Waals surface area contributed by atoms with E-state index in [1.807, 2.05) is 6.07 Å². The average Bonchev–Trinajstić information content (AvgIpc) is 2.60. The van der Waals surface area contributed by atoms with Gasteiger partial charge in [0.2, 0.25) is 0 Å². The summed E-state index contributed by atoms with van der Waals surface area (Å²) in [5.74, 6) is -2.55. The topological polar surface area (TPSA) is 79.2 Å². The van der Waals surface area contributed by atoms with Gasteiger partial charge in [-0.25, -0.2) is 4.79 Å². The number of carbonyl (C=O) groups excluding carboxylic acids is 2. The first-order valence-corrected chi connectivity index (χ1v) is 8.49. The number of alkyl halides is 3. The summed E-state index contributed by atoms with van der Waals surface area (Å²) in [4.78, 5) is 25.0. The van der Waals surface area contributed by atoms with Crippen LogP contribution in [-0.2, 0) is 20.5 Å². The van der Waals surface area contributed by atoms with E-state index in [1.165, 1.54) is 32.0 Å². The summed E-state index contributed by atoms with van der Waals surface area (Å²) in [5.41, 5.74) is -0.469. The number of ketones is 1. The van der Waals surface area contributed by atoms with Gasteiger partial charge < -0.3 is 10.1 Å². The first-order chi connectivity index (χ1) is 13.1. The molecule has 28 heavy (non-hydrogen) atoms. The maximum Gasteiger partial charge on any atom is 0.416 e. The van der Waals surface area contributed by atoms with Crippen molar-refractivity contribution < 1.29 is 27.5 Å². The molecule has 1 unspecified atom stereocenters. The number of dihydropyridines is 1. The van der Waals surface area contributed by atoms with Crippen LogP contribution in [0, 0.1) is 11.3 Å². The minimum Gasteiger partial charge on any atom is -0.461 e. The van der Waals surface area contributed by atoms with Crippen LogP contribution in [0.1, 0.15) is 44.2 Å². The van der Waals surface area contributed by atoms with Gasteiger partial charge in [-0.15, -0.1) is 0 Å². The third kappa shape index (κ3) is 4.25. The highest BCUT2D eigenvalue weighted by Crippen LogP contribution is 2.44. The zero-order valence-electron chi connectivity index (χ0n) is 15.6. The maximum atomic E-state index is 13.6. The molecular weight excluding hydrogens is 373 g/mol. The fraction of sp³-hybridized carbons (Fsp3) is 0.350. The fourth-order valence-corrected chi connectivity index (χ4v) is 3.32. The molecule has 0 saturated heterocycles. The van der Waals surface area contributed by atoms with Crippen LogP contribution in [0.25, 0.3) is 0 Å². The number of ether oxygens (including phenoxy) is 1. The molecule has 148 valence electrons. The van der Waals surface area contributed by atoms with Crippen molar-refractivity contribution in [3.05, 3.63) is 57.9 Å². The molecule has 0 amide bonds. The monoisotopic (exact) mass is 392 g/mol. The zero-order chi connectivity index (χ0) is 21.1. The molecule has 8 heteroatoms. The number of esters is 1. The summed E-state index contributed by atoms with van der Waals surface area (Å²) in [6.07, 6.45) is -4.72. The summed E-state index contributed by atoms with van der Waals surface area (Å²) in [6.45, 7) is 4.15. The molecule has 1 heterocycles. The number of nitrogens with zero attached hydrogens (tertiary/aromatic N) is 1. The second kappa shape index (κ2) is 8.30. The Hall–Kier alpha value is -3.08. The molecule has 0 spiro atoms. The minimum absolute atomic E-state index is 0.0519. The lowest BCUT2D eigenvalue weighted by Crippen LogP contribution is -2.32. The summed E-state index contributed by atoms with van der Waals surface area (Å²) in [5, 5.41) is 11.5. The Morgan fingerprint density at radius 1 is 1.18 bits per heavy atom. The lowest BCUT2D eigenvalue weighted by atomic mass is 9.77. The number of allylic oxidation sites excluding steroid dienone is 3. The van der Waals surface area contributed by atoms with Crippen LogP contribution < -0.4 is 5.32 Å². The van der Waals surface area contributed by atoms with Gasteiger partial charge in [-0.3, -0.25) is 4.79 Å². The first kappa shape index (κ1) is 21.2. The smallest absolute Gasteiger partial charge is 0.416 e. The van der Waals surface area contributed by atoms with Crippen molar-refractivity contribution in [3.8, 4) is 6.07 Å². The predicted molar refractivity (Wildman–Crippen MR) is 94.6 cm³/mol. The van der Waals surface area contributed by atoms with E-state index in [9.17, 15) is 22.8 Å². The lowest BCUT2D eigenvalue weighted by Gasteiger charge is -2.31. The van der Waals surface area contributed by atoms with Crippen LogP contribution in [0.4, 0.5) is 13.2 Å². The van der Waals surface area contributed by atoms with Crippen LogP contribution in [0.3, 0.4) is 0 Å². The van der Waals surface area contributed by atoms with E-state index in [4.69, 9.17) is 10.00 Å². The first-order valence-electron chi connectivity index (χ1n) is 8.49. The van der Waals surface area contributed by atoms with E-state index in [0.717, 1.165) is 6.07 Å². The van der Waals surface area contributed by atoms with E-state index >= 15 is 0 Å². The molecule has 0 bridgehead atoms. The van der Waals surface area contributed by atoms with Crippen molar-refractivity contribution in [2.75, 3.05) is 6.61 Å². The summed E-state index contributed by atoms with van der Waals surface area (Å²) < 4.78 is 45.9. The molecular formula is C20H19F3N2O3. The molecule has 1 aliphatic heterocycles. The summed E-state index contributed by atoms with van der Waals surface area (Å²) in [6, 6.07) is 6.67. The van der Waals surface area contributed by atoms with Crippen molar-refractivity contribution in [2.24, 2.45) is 0 Å². The highest BCUT2D eigenvalue weighted by atomic mass is 19.4. The number of hydrogen-bond donors (Lipinski definition) is 1. The molecule has 1 aromatic rings. The van der Waals surface area contributed by atoms with Crippen molar-refractivity contribution in [1.82, 2.24) is 5.32 Å². The molecule has 1 N–H and O–H groups in total. The highest BCUT2D eigenvalue weighted by Gasteiger charge is 2.41. The quantitative estimate of drug-likeness (QED) is 0.606. The van der Waals surface area contributed by atoms with Crippen LogP contribution in [0.5, 0.6) is 0 Å². The standard InChI is InChI=1S/C20H19F3N2O3/c1-11-16(13(3)26)18(14-7-4-5-8-15(14)20(21,22)23)17(12(2)25-11)19(27)28-10-6-9-24/h4-5,7-8,18,25H,6,10H2,1-3H3. The Bertz CT molecular complexity index is 908. The third-order valence-corrected chi connectivity index (χ3v) is 4.38. The molecule has 1 aliphatic rings.